The van der Waals surface area contributed by atoms with Crippen LogP contribution in [0.2, 0.25) is 0 Å². The van der Waals surface area contributed by atoms with Crippen LogP contribution < -0.4 is 5.32 Å². The average Bonchev–Trinajstić information content (AvgIpc) is 2.46. The average molecular weight is 317 g/mol. The molecule has 0 aliphatic heterocycles. The molecule has 0 aromatic heterocycles. The molecule has 1 atom stereocenters. The summed E-state index contributed by atoms with van der Waals surface area (Å²) >= 11 is 0. The van der Waals surface area contributed by atoms with E-state index < -0.39 is 11.7 Å². The Morgan fingerprint density at radius 1 is 1.17 bits per heavy atom. The first-order chi connectivity index (χ1) is 10.9. The molecule has 0 radical (unpaired) electrons. The van der Waals surface area contributed by atoms with Crippen molar-refractivity contribution in [2.75, 3.05) is 6.61 Å². The van der Waals surface area contributed by atoms with E-state index in [4.69, 9.17) is 9.99 Å². The molecule has 23 heavy (non-hydrogen) atoms. The van der Waals surface area contributed by atoms with Gasteiger partial charge in [-0.15, -0.1) is 0 Å². The number of carbonyl (C=O) groups is 1. The van der Waals surface area contributed by atoms with Crippen molar-refractivity contribution in [3.63, 3.8) is 0 Å². The zero-order chi connectivity index (χ0) is 16.9. The lowest BCUT2D eigenvalue weighted by atomic mass is 9.99. The van der Waals surface area contributed by atoms with Gasteiger partial charge in [-0.05, 0) is 43.5 Å². The van der Waals surface area contributed by atoms with Crippen LogP contribution in [0.5, 0.6) is 0 Å². The van der Waals surface area contributed by atoms with Crippen LogP contribution in [-0.2, 0) is 16.0 Å². The van der Waals surface area contributed by atoms with Crippen LogP contribution >= 0.6 is 0 Å². The van der Waals surface area contributed by atoms with Gasteiger partial charge in [0.1, 0.15) is 12.2 Å². The second-order valence-electron chi connectivity index (χ2n) is 6.48. The molecule has 0 saturated carbocycles. The van der Waals surface area contributed by atoms with Gasteiger partial charge in [-0.3, -0.25) is 5.26 Å². The Hall–Kier alpha value is -2.11. The number of carbonyl (C=O) groups excluding carboxylic acids is 1. The summed E-state index contributed by atoms with van der Waals surface area (Å²) in [7, 11) is 0. The summed E-state index contributed by atoms with van der Waals surface area (Å²) in [5.74, 6) is 0. The van der Waals surface area contributed by atoms with E-state index in [0.717, 1.165) is 16.3 Å². The Morgan fingerprint density at radius 3 is 2.57 bits per heavy atom. The summed E-state index contributed by atoms with van der Waals surface area (Å²) in [4.78, 5) is 16.2. The van der Waals surface area contributed by atoms with Crippen molar-refractivity contribution < 1.29 is 19.7 Å². The summed E-state index contributed by atoms with van der Waals surface area (Å²) in [6.07, 6.45) is 0.000949. The van der Waals surface area contributed by atoms with Crippen LogP contribution in [0.25, 0.3) is 10.8 Å². The summed E-state index contributed by atoms with van der Waals surface area (Å²) in [6.45, 7) is 5.39. The van der Waals surface area contributed by atoms with Crippen LogP contribution in [0.4, 0.5) is 4.79 Å². The number of benzene rings is 2. The molecule has 0 spiro atoms. The van der Waals surface area contributed by atoms with E-state index in [1.165, 1.54) is 0 Å². The molecule has 5 heteroatoms. The van der Waals surface area contributed by atoms with E-state index in [1.54, 1.807) is 20.8 Å². The number of ether oxygens (including phenoxy) is 1. The summed E-state index contributed by atoms with van der Waals surface area (Å²) in [5, 5.41) is 13.8. The highest BCUT2D eigenvalue weighted by Gasteiger charge is 2.20. The first-order valence-electron chi connectivity index (χ1n) is 7.61. The smallest absolute Gasteiger partial charge is 0.407 e. The minimum Gasteiger partial charge on any atom is -0.444 e. The molecular weight excluding hydrogens is 294 g/mol. The number of hydrogen-bond donors (Lipinski definition) is 2. The van der Waals surface area contributed by atoms with Crippen molar-refractivity contribution in [3.8, 4) is 0 Å². The quantitative estimate of drug-likeness (QED) is 0.651. The third kappa shape index (κ3) is 5.23. The van der Waals surface area contributed by atoms with E-state index in [0.29, 0.717) is 6.42 Å². The molecule has 5 nitrogen and oxygen atoms in total. The van der Waals surface area contributed by atoms with Gasteiger partial charge in [-0.2, -0.15) is 0 Å². The van der Waals surface area contributed by atoms with E-state index in [9.17, 15) is 4.79 Å². The second-order valence-corrected chi connectivity index (χ2v) is 6.48. The lowest BCUT2D eigenvalue weighted by Gasteiger charge is -2.23. The van der Waals surface area contributed by atoms with Gasteiger partial charge in [-0.25, -0.2) is 9.68 Å². The molecule has 0 bridgehead atoms. The zero-order valence-corrected chi connectivity index (χ0v) is 13.7. The minimum absolute atomic E-state index is 0.0114. The maximum atomic E-state index is 11.9. The van der Waals surface area contributed by atoms with Gasteiger partial charge in [0.15, 0.2) is 0 Å². The fourth-order valence-electron chi connectivity index (χ4n) is 2.45. The molecule has 2 N–H and O–H groups in total. The number of fused-ring (bicyclic) bond motifs is 1. The van der Waals surface area contributed by atoms with E-state index in [-0.39, 0.29) is 12.6 Å². The van der Waals surface area contributed by atoms with Crippen molar-refractivity contribution in [1.82, 2.24) is 5.32 Å². The fourth-order valence-corrected chi connectivity index (χ4v) is 2.45. The van der Waals surface area contributed by atoms with Gasteiger partial charge in [0, 0.05) is 0 Å². The highest BCUT2D eigenvalue weighted by atomic mass is 17.1. The van der Waals surface area contributed by atoms with Crippen molar-refractivity contribution in [3.05, 3.63) is 48.0 Å². The van der Waals surface area contributed by atoms with Gasteiger partial charge in [-0.1, -0.05) is 42.5 Å². The summed E-state index contributed by atoms with van der Waals surface area (Å²) in [5.41, 5.74) is 0.495. The fraction of sp³-hybridized carbons (Fsp3) is 0.389. The zero-order valence-electron chi connectivity index (χ0n) is 13.7. The molecule has 2 aromatic carbocycles. The van der Waals surface area contributed by atoms with Crippen LogP contribution in [0, 0.1) is 0 Å². The second kappa shape index (κ2) is 7.44. The number of hydrogen-bond acceptors (Lipinski definition) is 4. The highest BCUT2D eigenvalue weighted by molar-refractivity contribution is 5.85. The lowest BCUT2D eigenvalue weighted by molar-refractivity contribution is -0.246. The molecule has 0 saturated heterocycles. The Labute approximate surface area is 136 Å². The Morgan fingerprint density at radius 2 is 1.87 bits per heavy atom. The van der Waals surface area contributed by atoms with E-state index >= 15 is 0 Å². The molecule has 2 rings (SSSR count). The molecule has 0 heterocycles. The molecule has 124 valence electrons. The molecule has 0 fully saturated rings. The SMILES string of the molecule is CC(C)(C)OC(=O)NC(COO)Cc1cccc2ccccc12. The number of nitrogens with one attached hydrogen (secondary N) is 1. The van der Waals surface area contributed by atoms with Crippen molar-refractivity contribution in [2.24, 2.45) is 0 Å². The molecule has 2 aromatic rings. The van der Waals surface area contributed by atoms with Gasteiger partial charge in [0.2, 0.25) is 0 Å². The van der Waals surface area contributed by atoms with Crippen molar-refractivity contribution in [1.29, 1.82) is 0 Å². The highest BCUT2D eigenvalue weighted by Crippen LogP contribution is 2.20. The number of amides is 1. The van der Waals surface area contributed by atoms with Crippen molar-refractivity contribution in [2.45, 2.75) is 38.8 Å². The van der Waals surface area contributed by atoms with Crippen LogP contribution in [0.1, 0.15) is 26.3 Å². The normalized spacial score (nSPS) is 12.9. The van der Waals surface area contributed by atoms with Gasteiger partial charge in [0.25, 0.3) is 0 Å². The maximum absolute atomic E-state index is 11.9. The van der Waals surface area contributed by atoms with Gasteiger partial charge >= 0.3 is 6.09 Å². The van der Waals surface area contributed by atoms with E-state index in [2.05, 4.69) is 10.2 Å². The minimum atomic E-state index is -0.575. The first-order valence-corrected chi connectivity index (χ1v) is 7.61. The van der Waals surface area contributed by atoms with Gasteiger partial charge in [0.05, 0.1) is 6.04 Å². The standard InChI is InChI=1S/C18H23NO4/c1-18(2,3)23-17(20)19-15(12-22-21)11-14-9-6-8-13-7-4-5-10-16(13)14/h4-10,15,21H,11-12H2,1-3H3,(H,19,20). The Balaban J connectivity index is 2.13. The third-order valence-electron chi connectivity index (χ3n) is 3.34. The predicted molar refractivity (Wildman–Crippen MR) is 89.4 cm³/mol. The van der Waals surface area contributed by atoms with Crippen LogP contribution in [-0.4, -0.2) is 29.6 Å². The van der Waals surface area contributed by atoms with E-state index in [1.807, 2.05) is 42.5 Å². The van der Waals surface area contributed by atoms with Gasteiger partial charge < -0.3 is 10.1 Å². The first kappa shape index (κ1) is 17.2. The molecule has 1 unspecified atom stereocenters. The molecule has 0 aliphatic rings. The third-order valence-corrected chi connectivity index (χ3v) is 3.34. The topological polar surface area (TPSA) is 67.8 Å². The number of rotatable bonds is 5. The summed E-state index contributed by atoms with van der Waals surface area (Å²) < 4.78 is 5.25. The Kier molecular flexibility index (Phi) is 5.58. The van der Waals surface area contributed by atoms with Crippen LogP contribution in [0.3, 0.4) is 0 Å². The summed E-state index contributed by atoms with van der Waals surface area (Å²) in [6, 6.07) is 13.7. The lowest BCUT2D eigenvalue weighted by Crippen LogP contribution is -2.42. The molecule has 1 amide bonds. The van der Waals surface area contributed by atoms with Crippen LogP contribution in [0.15, 0.2) is 42.5 Å². The maximum Gasteiger partial charge on any atom is 0.407 e. The largest absolute Gasteiger partial charge is 0.444 e. The monoisotopic (exact) mass is 317 g/mol. The molecule has 0 aliphatic carbocycles. The predicted octanol–water partition coefficient (Wildman–Crippen LogP) is 3.77. The number of alkyl carbamates (subject to hydrolysis) is 1. The van der Waals surface area contributed by atoms with Crippen molar-refractivity contribution >= 4 is 16.9 Å². The Bertz CT molecular complexity index is 658. The molecular formula is C18H23NO4.